The standard InChI is InChI=1S/C19H18Cl2N2O2S2/c20-15-6-4-13(5-7-15)9-23-18-12-27(24,25)11-17(18)22-19(23)26-10-14-2-1-3-16(21)8-14/h1-8,17-18H,9-12H2/t17-,18+/m0/s1. The minimum absolute atomic E-state index is 0.0902. The van der Waals surface area contributed by atoms with Gasteiger partial charge in [-0.05, 0) is 35.4 Å². The monoisotopic (exact) mass is 440 g/mol. The average Bonchev–Trinajstić information content (AvgIpc) is 3.07. The van der Waals surface area contributed by atoms with Gasteiger partial charge in [0.2, 0.25) is 0 Å². The second kappa shape index (κ2) is 7.66. The largest absolute Gasteiger partial charge is 0.341 e. The van der Waals surface area contributed by atoms with Crippen LogP contribution >= 0.6 is 35.0 Å². The molecule has 2 aromatic carbocycles. The van der Waals surface area contributed by atoms with Gasteiger partial charge in [-0.3, -0.25) is 4.99 Å². The Bertz CT molecular complexity index is 977. The van der Waals surface area contributed by atoms with Crippen LogP contribution in [0.15, 0.2) is 53.5 Å². The summed E-state index contributed by atoms with van der Waals surface area (Å²) >= 11 is 13.7. The van der Waals surface area contributed by atoms with Crippen LogP contribution in [0, 0.1) is 0 Å². The van der Waals surface area contributed by atoms with Crippen LogP contribution in [0.25, 0.3) is 0 Å². The summed E-state index contributed by atoms with van der Waals surface area (Å²) in [5, 5.41) is 2.29. The van der Waals surface area contributed by atoms with Gasteiger partial charge in [-0.25, -0.2) is 8.42 Å². The van der Waals surface area contributed by atoms with E-state index in [2.05, 4.69) is 4.90 Å². The Morgan fingerprint density at radius 1 is 1.04 bits per heavy atom. The van der Waals surface area contributed by atoms with Crippen molar-refractivity contribution < 1.29 is 8.42 Å². The molecule has 1 saturated heterocycles. The molecule has 0 aromatic heterocycles. The summed E-state index contributed by atoms with van der Waals surface area (Å²) in [6.07, 6.45) is 0. The van der Waals surface area contributed by atoms with Crippen LogP contribution < -0.4 is 0 Å². The van der Waals surface area contributed by atoms with E-state index in [1.165, 1.54) is 0 Å². The number of sulfone groups is 1. The summed E-state index contributed by atoms with van der Waals surface area (Å²) in [5.74, 6) is 1.04. The Morgan fingerprint density at radius 2 is 1.81 bits per heavy atom. The summed E-state index contributed by atoms with van der Waals surface area (Å²) in [4.78, 5) is 6.88. The fourth-order valence-electron chi connectivity index (χ4n) is 3.46. The predicted octanol–water partition coefficient (Wildman–Crippen LogP) is 4.26. The molecule has 2 aromatic rings. The first-order valence-corrected chi connectivity index (χ1v) is 12.1. The van der Waals surface area contributed by atoms with Gasteiger partial charge >= 0.3 is 0 Å². The minimum Gasteiger partial charge on any atom is -0.341 e. The number of rotatable bonds is 4. The number of amidine groups is 1. The summed E-state index contributed by atoms with van der Waals surface area (Å²) in [6, 6.07) is 15.1. The first-order valence-electron chi connectivity index (χ1n) is 8.56. The SMILES string of the molecule is O=S1(=O)C[C@@H]2N=C(SCc3cccc(Cl)c3)N(Cc3ccc(Cl)cc3)[C@@H]2C1. The van der Waals surface area contributed by atoms with Crippen LogP contribution in [-0.2, 0) is 22.1 Å². The molecule has 27 heavy (non-hydrogen) atoms. The molecule has 4 rings (SSSR count). The summed E-state index contributed by atoms with van der Waals surface area (Å²) in [6.45, 7) is 0.620. The van der Waals surface area contributed by atoms with Crippen LogP contribution in [-0.4, -0.2) is 42.1 Å². The molecule has 0 bridgehead atoms. The maximum atomic E-state index is 12.1. The molecule has 0 aliphatic carbocycles. The molecule has 0 N–H and O–H groups in total. The highest BCUT2D eigenvalue weighted by Gasteiger charge is 2.46. The van der Waals surface area contributed by atoms with E-state index in [4.69, 9.17) is 28.2 Å². The van der Waals surface area contributed by atoms with Crippen molar-refractivity contribution in [3.8, 4) is 0 Å². The second-order valence-corrected chi connectivity index (χ2v) is 10.8. The fourth-order valence-corrected chi connectivity index (χ4v) is 6.72. The third-order valence-corrected chi connectivity index (χ3v) is 8.00. The molecule has 1 fully saturated rings. The van der Waals surface area contributed by atoms with E-state index in [9.17, 15) is 8.42 Å². The zero-order chi connectivity index (χ0) is 19.0. The van der Waals surface area contributed by atoms with Crippen LogP contribution in [0.5, 0.6) is 0 Å². The zero-order valence-corrected chi connectivity index (χ0v) is 17.5. The number of aliphatic imine (C=N–C) groups is 1. The van der Waals surface area contributed by atoms with Crippen molar-refractivity contribution in [3.05, 3.63) is 69.7 Å². The smallest absolute Gasteiger partial charge is 0.160 e. The molecule has 142 valence electrons. The van der Waals surface area contributed by atoms with Crippen LogP contribution in [0.4, 0.5) is 0 Å². The first-order chi connectivity index (χ1) is 12.9. The molecular weight excluding hydrogens is 423 g/mol. The lowest BCUT2D eigenvalue weighted by Crippen LogP contribution is -2.38. The predicted molar refractivity (Wildman–Crippen MR) is 113 cm³/mol. The highest BCUT2D eigenvalue weighted by atomic mass is 35.5. The molecule has 2 atom stereocenters. The number of fused-ring (bicyclic) bond motifs is 1. The van der Waals surface area contributed by atoms with Gasteiger partial charge < -0.3 is 4.90 Å². The minimum atomic E-state index is -3.03. The van der Waals surface area contributed by atoms with E-state index in [0.29, 0.717) is 16.6 Å². The number of halogens is 2. The van der Waals surface area contributed by atoms with Crippen molar-refractivity contribution in [2.45, 2.75) is 24.4 Å². The Morgan fingerprint density at radius 3 is 2.56 bits per heavy atom. The van der Waals surface area contributed by atoms with Gasteiger partial charge in [0.05, 0.1) is 23.6 Å². The zero-order valence-electron chi connectivity index (χ0n) is 14.4. The van der Waals surface area contributed by atoms with Crippen molar-refractivity contribution in [2.75, 3.05) is 11.5 Å². The number of benzene rings is 2. The number of hydrogen-bond acceptors (Lipinski definition) is 5. The summed E-state index contributed by atoms with van der Waals surface area (Å²) in [5.41, 5.74) is 2.20. The quantitative estimate of drug-likeness (QED) is 0.712. The lowest BCUT2D eigenvalue weighted by molar-refractivity contribution is 0.343. The van der Waals surface area contributed by atoms with Crippen molar-refractivity contribution in [2.24, 2.45) is 4.99 Å². The van der Waals surface area contributed by atoms with E-state index < -0.39 is 9.84 Å². The van der Waals surface area contributed by atoms with Gasteiger partial charge in [0.15, 0.2) is 15.0 Å². The average molecular weight is 441 g/mol. The number of thioether (sulfide) groups is 1. The van der Waals surface area contributed by atoms with Gasteiger partial charge in [0.25, 0.3) is 0 Å². The molecule has 0 amide bonds. The van der Waals surface area contributed by atoms with E-state index in [0.717, 1.165) is 22.0 Å². The molecule has 8 heteroatoms. The Balaban J connectivity index is 1.54. The Hall–Kier alpha value is -1.21. The highest BCUT2D eigenvalue weighted by molar-refractivity contribution is 8.13. The van der Waals surface area contributed by atoms with Crippen molar-refractivity contribution in [1.82, 2.24) is 4.90 Å². The molecule has 0 spiro atoms. The van der Waals surface area contributed by atoms with Gasteiger partial charge in [0, 0.05) is 22.3 Å². The van der Waals surface area contributed by atoms with E-state index >= 15 is 0 Å². The van der Waals surface area contributed by atoms with E-state index in [1.54, 1.807) is 11.8 Å². The number of nitrogens with zero attached hydrogens (tertiary/aromatic N) is 2. The van der Waals surface area contributed by atoms with Crippen LogP contribution in [0.1, 0.15) is 11.1 Å². The van der Waals surface area contributed by atoms with Crippen molar-refractivity contribution in [3.63, 3.8) is 0 Å². The Kier molecular flexibility index (Phi) is 5.43. The van der Waals surface area contributed by atoms with Gasteiger partial charge in [-0.2, -0.15) is 0 Å². The van der Waals surface area contributed by atoms with Crippen molar-refractivity contribution >= 4 is 50.0 Å². The summed E-state index contributed by atoms with van der Waals surface area (Å²) in [7, 11) is -3.03. The maximum Gasteiger partial charge on any atom is 0.160 e. The molecule has 2 aliphatic rings. The Labute approximate surface area is 173 Å². The third kappa shape index (κ3) is 4.45. The van der Waals surface area contributed by atoms with Crippen LogP contribution in [0.2, 0.25) is 10.0 Å². The highest BCUT2D eigenvalue weighted by Crippen LogP contribution is 2.33. The molecule has 0 saturated carbocycles. The van der Waals surface area contributed by atoms with Gasteiger partial charge in [0.1, 0.15) is 0 Å². The number of hydrogen-bond donors (Lipinski definition) is 0. The molecule has 2 heterocycles. The molecule has 4 nitrogen and oxygen atoms in total. The second-order valence-electron chi connectivity index (χ2n) is 6.80. The van der Waals surface area contributed by atoms with E-state index in [1.807, 2.05) is 48.5 Å². The molecule has 0 radical (unpaired) electrons. The third-order valence-electron chi connectivity index (χ3n) is 4.74. The summed E-state index contributed by atoms with van der Waals surface area (Å²) < 4.78 is 24.2. The van der Waals surface area contributed by atoms with E-state index in [-0.39, 0.29) is 23.6 Å². The topological polar surface area (TPSA) is 49.7 Å². The van der Waals surface area contributed by atoms with Gasteiger partial charge in [-0.15, -0.1) is 0 Å². The normalized spacial score (nSPS) is 23.3. The molecule has 2 aliphatic heterocycles. The van der Waals surface area contributed by atoms with Crippen molar-refractivity contribution in [1.29, 1.82) is 0 Å². The van der Waals surface area contributed by atoms with Gasteiger partial charge in [-0.1, -0.05) is 59.2 Å². The molecule has 0 unspecified atom stereocenters. The maximum absolute atomic E-state index is 12.1. The fraction of sp³-hybridized carbons (Fsp3) is 0.316. The van der Waals surface area contributed by atoms with Crippen LogP contribution in [0.3, 0.4) is 0 Å². The lowest BCUT2D eigenvalue weighted by atomic mass is 10.1. The first kappa shape index (κ1) is 19.1. The lowest BCUT2D eigenvalue weighted by Gasteiger charge is -2.26. The molecular formula is C19H18Cl2N2O2S2.